The first-order valence-electron chi connectivity index (χ1n) is 15.0. The van der Waals surface area contributed by atoms with Crippen molar-refractivity contribution >= 4 is 35.7 Å². The summed E-state index contributed by atoms with van der Waals surface area (Å²) < 4.78 is 27.9. The van der Waals surface area contributed by atoms with Crippen LogP contribution in [0.3, 0.4) is 0 Å². The molecule has 1 aromatic heterocycles. The van der Waals surface area contributed by atoms with Gasteiger partial charge in [0.1, 0.15) is 36.2 Å². The highest BCUT2D eigenvalue weighted by molar-refractivity contribution is 5.87. The number of hydrogen-bond acceptors (Lipinski definition) is 13. The highest BCUT2D eigenvalue weighted by Crippen LogP contribution is 2.30. The zero-order valence-corrected chi connectivity index (χ0v) is 27.7. The molecular weight excluding hydrogens is 624 g/mol. The van der Waals surface area contributed by atoms with Gasteiger partial charge in [-0.1, -0.05) is 0 Å². The molecule has 0 bridgehead atoms. The summed E-state index contributed by atoms with van der Waals surface area (Å²) in [5.74, 6) is -2.45. The maximum absolute atomic E-state index is 12.6. The molecule has 0 spiro atoms. The number of alkyl carbamates (subject to hydrolysis) is 2. The first kappa shape index (κ1) is 38.6. The van der Waals surface area contributed by atoms with Crippen LogP contribution in [-0.4, -0.2) is 88.3 Å². The molecule has 2 heterocycles. The monoisotopic (exact) mass is 668 g/mol. The molecule has 17 heteroatoms. The third kappa shape index (κ3) is 14.6. The Bertz CT molecular complexity index is 1430. The Morgan fingerprint density at radius 2 is 1.36 bits per heavy atom. The third-order valence-corrected chi connectivity index (χ3v) is 6.20. The SMILES string of the molecule is Cc1cn([C@H]2C[C@H](OC(=O)CCC(=O)CNC(=O)OC(C)(C)C)[C@@H](COC(=O)CCC(=O)CNC(=O)OC(C)(C)C)O2)c(=O)[nH]c1=O. The summed E-state index contributed by atoms with van der Waals surface area (Å²) in [5, 5.41) is 4.62. The van der Waals surface area contributed by atoms with Crippen molar-refractivity contribution < 1.29 is 52.5 Å². The summed E-state index contributed by atoms with van der Waals surface area (Å²) in [6.07, 6.45) is -4.52. The van der Waals surface area contributed by atoms with Crippen molar-refractivity contribution in [3.63, 3.8) is 0 Å². The maximum Gasteiger partial charge on any atom is 0.408 e. The Morgan fingerprint density at radius 1 is 0.851 bits per heavy atom. The standard InChI is InChI=1S/C30H44N4O13/c1-17-15-34(26(40)33-25(17)39)22-12-20(45-24(38)11-9-19(36)14-32-28(42)47-30(5,6)7)21(44-22)16-43-23(37)10-8-18(35)13-31-27(41)46-29(2,3)4/h15,20-22H,8-14,16H2,1-7H3,(H,31,41)(H,32,42)(H,33,39,40)/t20-,21+,22+/m0/s1. The van der Waals surface area contributed by atoms with Gasteiger partial charge in [0.25, 0.3) is 5.56 Å². The fourth-order valence-electron chi connectivity index (χ4n) is 4.05. The van der Waals surface area contributed by atoms with Crippen LogP contribution in [-0.2, 0) is 42.9 Å². The first-order valence-corrected chi connectivity index (χ1v) is 15.0. The van der Waals surface area contributed by atoms with Crippen LogP contribution in [0, 0.1) is 6.92 Å². The van der Waals surface area contributed by atoms with E-state index in [9.17, 15) is 38.4 Å². The molecule has 1 saturated heterocycles. The normalized spacial score (nSPS) is 17.7. The molecular formula is C30H44N4O13. The number of H-pyrrole nitrogens is 1. The Hall–Kier alpha value is -4.54. The quantitative estimate of drug-likeness (QED) is 0.188. The van der Waals surface area contributed by atoms with Crippen LogP contribution < -0.4 is 21.9 Å². The van der Waals surface area contributed by atoms with Gasteiger partial charge in [-0.3, -0.25) is 33.5 Å². The lowest BCUT2D eigenvalue weighted by Gasteiger charge is -2.19. The summed E-state index contributed by atoms with van der Waals surface area (Å²) in [5.41, 5.74) is -2.62. The van der Waals surface area contributed by atoms with E-state index in [0.29, 0.717) is 0 Å². The van der Waals surface area contributed by atoms with Gasteiger partial charge in [0, 0.05) is 31.0 Å². The number of hydrogen-bond donors (Lipinski definition) is 3. The van der Waals surface area contributed by atoms with Gasteiger partial charge in [0.05, 0.1) is 25.9 Å². The molecule has 2 amide bonds. The number of rotatable bonds is 14. The van der Waals surface area contributed by atoms with Gasteiger partial charge in [-0.05, 0) is 48.5 Å². The van der Waals surface area contributed by atoms with E-state index in [2.05, 4.69) is 15.6 Å². The van der Waals surface area contributed by atoms with Crippen molar-refractivity contribution in [1.29, 1.82) is 0 Å². The van der Waals surface area contributed by atoms with E-state index in [1.165, 1.54) is 13.1 Å². The molecule has 262 valence electrons. The van der Waals surface area contributed by atoms with Crippen LogP contribution in [0.4, 0.5) is 9.59 Å². The predicted octanol–water partition coefficient (Wildman–Crippen LogP) is 1.34. The topological polar surface area (TPSA) is 227 Å². The molecule has 0 radical (unpaired) electrons. The van der Waals surface area contributed by atoms with Gasteiger partial charge in [-0.15, -0.1) is 0 Å². The molecule has 1 aliphatic heterocycles. The molecule has 1 fully saturated rings. The summed E-state index contributed by atoms with van der Waals surface area (Å²) in [6.45, 7) is 10.4. The van der Waals surface area contributed by atoms with Crippen molar-refractivity contribution in [2.24, 2.45) is 0 Å². The predicted molar refractivity (Wildman–Crippen MR) is 162 cm³/mol. The number of aromatic amines is 1. The van der Waals surface area contributed by atoms with Gasteiger partial charge < -0.3 is 34.3 Å². The first-order chi connectivity index (χ1) is 21.7. The summed E-state index contributed by atoms with van der Waals surface area (Å²) in [4.78, 5) is 99.2. The smallest absolute Gasteiger partial charge is 0.408 e. The highest BCUT2D eigenvalue weighted by Gasteiger charge is 2.40. The van der Waals surface area contributed by atoms with Gasteiger partial charge in [0.2, 0.25) is 0 Å². The van der Waals surface area contributed by atoms with E-state index >= 15 is 0 Å². The molecule has 1 aliphatic rings. The molecule has 0 aromatic carbocycles. The van der Waals surface area contributed by atoms with Gasteiger partial charge in [0.15, 0.2) is 11.6 Å². The lowest BCUT2D eigenvalue weighted by Crippen LogP contribution is -2.36. The molecule has 17 nitrogen and oxygen atoms in total. The fourth-order valence-corrected chi connectivity index (χ4v) is 4.05. The number of nitrogens with one attached hydrogen (secondary N) is 3. The van der Waals surface area contributed by atoms with Crippen molar-refractivity contribution in [1.82, 2.24) is 20.2 Å². The zero-order chi connectivity index (χ0) is 35.5. The summed E-state index contributed by atoms with van der Waals surface area (Å²) >= 11 is 0. The molecule has 1 aromatic rings. The molecule has 47 heavy (non-hydrogen) atoms. The Balaban J connectivity index is 1.95. The van der Waals surface area contributed by atoms with Crippen molar-refractivity contribution in [3.8, 4) is 0 Å². The lowest BCUT2D eigenvalue weighted by molar-refractivity contribution is -0.159. The van der Waals surface area contributed by atoms with Crippen molar-refractivity contribution in [3.05, 3.63) is 32.6 Å². The minimum absolute atomic E-state index is 0.0533. The number of carbonyl (C=O) groups is 6. The number of carbonyl (C=O) groups excluding carboxylic acids is 6. The Labute approximate surface area is 271 Å². The van der Waals surface area contributed by atoms with Gasteiger partial charge >= 0.3 is 29.8 Å². The van der Waals surface area contributed by atoms with Crippen LogP contribution in [0.25, 0.3) is 0 Å². The zero-order valence-electron chi connectivity index (χ0n) is 27.7. The fraction of sp³-hybridized carbons (Fsp3) is 0.667. The van der Waals surface area contributed by atoms with Crippen molar-refractivity contribution in [2.75, 3.05) is 19.7 Å². The van der Waals surface area contributed by atoms with E-state index in [1.54, 1.807) is 41.5 Å². The second-order valence-electron chi connectivity index (χ2n) is 12.8. The van der Waals surface area contributed by atoms with E-state index in [1.807, 2.05) is 0 Å². The highest BCUT2D eigenvalue weighted by atomic mass is 16.6. The average molecular weight is 669 g/mol. The van der Waals surface area contributed by atoms with Crippen LogP contribution in [0.1, 0.15) is 85.4 Å². The Kier molecular flexibility index (Phi) is 13.9. The van der Waals surface area contributed by atoms with E-state index in [0.717, 1.165) is 4.57 Å². The molecule has 0 unspecified atom stereocenters. The van der Waals surface area contributed by atoms with Gasteiger partial charge in [-0.2, -0.15) is 0 Å². The van der Waals surface area contributed by atoms with Gasteiger partial charge in [-0.25, -0.2) is 14.4 Å². The second kappa shape index (κ2) is 16.9. The minimum atomic E-state index is -1.04. The number of nitrogens with zero attached hydrogens (tertiary/aromatic N) is 1. The molecule has 3 atom stereocenters. The van der Waals surface area contributed by atoms with Crippen LogP contribution in [0.2, 0.25) is 0 Å². The van der Waals surface area contributed by atoms with Crippen molar-refractivity contribution in [2.45, 2.75) is 110 Å². The Morgan fingerprint density at radius 3 is 1.87 bits per heavy atom. The summed E-state index contributed by atoms with van der Waals surface area (Å²) in [7, 11) is 0. The second-order valence-corrected chi connectivity index (χ2v) is 12.8. The lowest BCUT2D eigenvalue weighted by atomic mass is 10.1. The number of esters is 2. The number of ether oxygens (including phenoxy) is 5. The van der Waals surface area contributed by atoms with E-state index < -0.39 is 83.2 Å². The van der Waals surface area contributed by atoms with Crippen LogP contribution in [0.15, 0.2) is 15.8 Å². The van der Waals surface area contributed by atoms with E-state index in [4.69, 9.17) is 23.7 Å². The number of aromatic nitrogens is 2. The number of ketones is 2. The molecule has 2 rings (SSSR count). The number of amides is 2. The minimum Gasteiger partial charge on any atom is -0.463 e. The number of aryl methyl sites for hydroxylation is 1. The van der Waals surface area contributed by atoms with Crippen LogP contribution in [0.5, 0.6) is 0 Å². The third-order valence-electron chi connectivity index (χ3n) is 6.20. The average Bonchev–Trinajstić information content (AvgIpc) is 3.33. The summed E-state index contributed by atoms with van der Waals surface area (Å²) in [6, 6.07) is 0. The van der Waals surface area contributed by atoms with Crippen LogP contribution >= 0.6 is 0 Å². The maximum atomic E-state index is 12.6. The molecule has 0 saturated carbocycles. The number of Topliss-reactive ketones (excluding diaryl/α,β-unsaturated/α-hetero) is 2. The molecule has 3 N–H and O–H groups in total. The largest absolute Gasteiger partial charge is 0.463 e. The van der Waals surface area contributed by atoms with E-state index in [-0.39, 0.29) is 50.8 Å². The molecule has 0 aliphatic carbocycles.